The Bertz CT molecular complexity index is 1460. The number of thiazole rings is 1. The van der Waals surface area contributed by atoms with Gasteiger partial charge in [-0.15, -0.1) is 0 Å². The van der Waals surface area contributed by atoms with E-state index in [4.69, 9.17) is 14.5 Å². The third-order valence-corrected chi connectivity index (χ3v) is 9.79. The number of carbonyl (C=O) groups is 2. The van der Waals surface area contributed by atoms with Gasteiger partial charge in [0.05, 0.1) is 23.3 Å². The van der Waals surface area contributed by atoms with Crippen LogP contribution in [0.3, 0.4) is 0 Å². The molecule has 2 aromatic carbocycles. The number of piperazine rings is 1. The van der Waals surface area contributed by atoms with Gasteiger partial charge in [0.1, 0.15) is 11.3 Å². The molecule has 1 fully saturated rings. The van der Waals surface area contributed by atoms with Crippen LogP contribution in [0.5, 0.6) is 5.75 Å². The number of aromatic nitrogens is 1. The van der Waals surface area contributed by atoms with Crippen LogP contribution < -0.4 is 9.64 Å². The minimum Gasteiger partial charge on any atom is -0.494 e. The van der Waals surface area contributed by atoms with Crippen LogP contribution in [0.2, 0.25) is 0 Å². The van der Waals surface area contributed by atoms with Crippen LogP contribution in [0.1, 0.15) is 22.8 Å². The minimum absolute atomic E-state index is 0.0915. The average molecular weight is 590 g/mol. The standard InChI is InChI=1S/C27H35N5O6S2/c1-6-38-27(34)30-14-16-31(17-15-30)40(35,36)21-10-8-20(9-11-21)25(33)32(18-13-29(3)4)26-28-23-22(37-5)12-7-19(2)24(23)39-26/h7-12H,6,13-18H2,1-5H3. The Hall–Kier alpha value is -3.26. The number of nitrogens with zero attached hydrogens (tertiary/aromatic N) is 5. The topological polar surface area (TPSA) is 113 Å². The molecule has 0 saturated carbocycles. The van der Waals surface area contributed by atoms with Gasteiger partial charge in [-0.3, -0.25) is 9.69 Å². The molecule has 2 amide bonds. The Morgan fingerprint density at radius 3 is 2.30 bits per heavy atom. The van der Waals surface area contributed by atoms with Gasteiger partial charge in [-0.1, -0.05) is 17.4 Å². The fraction of sp³-hybridized carbons (Fsp3) is 0.444. The number of ether oxygens (including phenoxy) is 2. The Morgan fingerprint density at radius 2 is 1.70 bits per heavy atom. The van der Waals surface area contributed by atoms with Crippen molar-refractivity contribution in [1.29, 1.82) is 0 Å². The van der Waals surface area contributed by atoms with Gasteiger partial charge in [-0.2, -0.15) is 4.31 Å². The van der Waals surface area contributed by atoms with E-state index in [1.165, 1.54) is 44.8 Å². The summed E-state index contributed by atoms with van der Waals surface area (Å²) < 4.78 is 39.3. The summed E-state index contributed by atoms with van der Waals surface area (Å²) in [5.41, 5.74) is 2.10. The number of hydrogen-bond acceptors (Lipinski definition) is 9. The first-order valence-electron chi connectivity index (χ1n) is 13.0. The highest BCUT2D eigenvalue weighted by atomic mass is 32.2. The summed E-state index contributed by atoms with van der Waals surface area (Å²) in [6.07, 6.45) is -0.442. The van der Waals surface area contributed by atoms with Crippen molar-refractivity contribution >= 4 is 48.7 Å². The maximum absolute atomic E-state index is 13.7. The normalized spacial score (nSPS) is 14.5. The zero-order valence-corrected chi connectivity index (χ0v) is 25.0. The number of rotatable bonds is 9. The molecular weight excluding hydrogens is 554 g/mol. The van der Waals surface area contributed by atoms with Gasteiger partial charge in [0.2, 0.25) is 10.0 Å². The van der Waals surface area contributed by atoms with Gasteiger partial charge in [0, 0.05) is 44.8 Å². The molecule has 0 unspecified atom stereocenters. The Labute approximate surface area is 238 Å². The second-order valence-corrected chi connectivity index (χ2v) is 12.5. The first-order chi connectivity index (χ1) is 19.1. The molecule has 0 N–H and O–H groups in total. The molecule has 0 spiro atoms. The number of carbonyl (C=O) groups excluding carboxylic acids is 2. The molecule has 2 heterocycles. The van der Waals surface area contributed by atoms with Gasteiger partial charge in [0.15, 0.2) is 5.13 Å². The van der Waals surface area contributed by atoms with Crippen LogP contribution in [0.25, 0.3) is 10.2 Å². The highest BCUT2D eigenvalue weighted by Gasteiger charge is 2.31. The molecule has 3 aromatic rings. The molecule has 1 aliphatic rings. The number of anilines is 1. The minimum atomic E-state index is -3.79. The predicted molar refractivity (Wildman–Crippen MR) is 155 cm³/mol. The number of fused-ring (bicyclic) bond motifs is 1. The number of benzene rings is 2. The van der Waals surface area contributed by atoms with Gasteiger partial charge in [0.25, 0.3) is 5.91 Å². The summed E-state index contributed by atoms with van der Waals surface area (Å²) in [5, 5.41) is 0.547. The maximum Gasteiger partial charge on any atom is 0.409 e. The first-order valence-corrected chi connectivity index (χ1v) is 15.2. The quantitative estimate of drug-likeness (QED) is 0.374. The number of likely N-dealkylation sites (N-methyl/N-ethyl adjacent to an activating group) is 1. The summed E-state index contributed by atoms with van der Waals surface area (Å²) in [5.74, 6) is 0.366. The summed E-state index contributed by atoms with van der Waals surface area (Å²) in [6.45, 7) is 5.84. The Morgan fingerprint density at radius 1 is 1.02 bits per heavy atom. The van der Waals surface area contributed by atoms with Crippen molar-refractivity contribution in [3.05, 3.63) is 47.5 Å². The lowest BCUT2D eigenvalue weighted by molar-refractivity contribution is 0.0933. The van der Waals surface area contributed by atoms with Crippen molar-refractivity contribution in [2.45, 2.75) is 18.7 Å². The van der Waals surface area contributed by atoms with E-state index < -0.39 is 16.1 Å². The van der Waals surface area contributed by atoms with Gasteiger partial charge >= 0.3 is 6.09 Å². The van der Waals surface area contributed by atoms with Crippen LogP contribution in [0.15, 0.2) is 41.3 Å². The van der Waals surface area contributed by atoms with Crippen LogP contribution in [-0.4, -0.2) is 107 Å². The Balaban J connectivity index is 1.56. The molecule has 4 rings (SSSR count). The molecule has 216 valence electrons. The number of methoxy groups -OCH3 is 1. The lowest BCUT2D eigenvalue weighted by Gasteiger charge is -2.33. The van der Waals surface area contributed by atoms with Crippen LogP contribution >= 0.6 is 11.3 Å². The number of amides is 2. The molecule has 1 aliphatic heterocycles. The summed E-state index contributed by atoms with van der Waals surface area (Å²) in [4.78, 5) is 35.6. The third-order valence-electron chi connectivity index (χ3n) is 6.66. The van der Waals surface area contributed by atoms with Crippen molar-refractivity contribution in [1.82, 2.24) is 19.1 Å². The first kappa shape index (κ1) is 29.7. The molecular formula is C27H35N5O6S2. The van der Waals surface area contributed by atoms with Crippen LogP contribution in [0, 0.1) is 6.92 Å². The molecule has 11 nitrogen and oxygen atoms in total. The smallest absolute Gasteiger partial charge is 0.409 e. The highest BCUT2D eigenvalue weighted by molar-refractivity contribution is 7.89. The number of sulfonamides is 1. The van der Waals surface area contributed by atoms with E-state index >= 15 is 0 Å². The lowest BCUT2D eigenvalue weighted by atomic mass is 10.2. The highest BCUT2D eigenvalue weighted by Crippen LogP contribution is 2.37. The molecule has 40 heavy (non-hydrogen) atoms. The molecule has 0 radical (unpaired) electrons. The summed E-state index contributed by atoms with van der Waals surface area (Å²) in [7, 11) is 1.66. The number of aryl methyl sites for hydroxylation is 1. The molecule has 1 saturated heterocycles. The largest absolute Gasteiger partial charge is 0.494 e. The van der Waals surface area contributed by atoms with E-state index in [1.54, 1.807) is 18.9 Å². The number of hydrogen-bond donors (Lipinski definition) is 0. The zero-order valence-electron chi connectivity index (χ0n) is 23.4. The fourth-order valence-electron chi connectivity index (χ4n) is 4.36. The van der Waals surface area contributed by atoms with Crippen molar-refractivity contribution < 1.29 is 27.5 Å². The van der Waals surface area contributed by atoms with Crippen molar-refractivity contribution in [2.24, 2.45) is 0 Å². The van der Waals surface area contributed by atoms with E-state index in [9.17, 15) is 18.0 Å². The van der Waals surface area contributed by atoms with Crippen LogP contribution in [0.4, 0.5) is 9.93 Å². The van der Waals surface area contributed by atoms with Crippen LogP contribution in [-0.2, 0) is 14.8 Å². The molecule has 1 aromatic heterocycles. The van der Waals surface area contributed by atoms with E-state index in [-0.39, 0.29) is 43.6 Å². The molecule has 0 bridgehead atoms. The van der Waals surface area contributed by atoms with E-state index in [0.29, 0.717) is 35.1 Å². The van der Waals surface area contributed by atoms with Crippen molar-refractivity contribution in [3.63, 3.8) is 0 Å². The summed E-state index contributed by atoms with van der Waals surface area (Å²) >= 11 is 1.42. The second-order valence-electron chi connectivity index (χ2n) is 9.63. The van der Waals surface area contributed by atoms with E-state index in [2.05, 4.69) is 0 Å². The zero-order chi connectivity index (χ0) is 29.0. The maximum atomic E-state index is 13.7. The fourth-order valence-corrected chi connectivity index (χ4v) is 6.86. The Kier molecular flexibility index (Phi) is 9.29. The molecule has 0 aliphatic carbocycles. The SMILES string of the molecule is CCOC(=O)N1CCN(S(=O)(=O)c2ccc(C(=O)N(CCN(C)C)c3nc4c(OC)ccc(C)c4s3)cc2)CC1. The third kappa shape index (κ3) is 6.22. The average Bonchev–Trinajstić information content (AvgIpc) is 3.39. The molecule has 13 heteroatoms. The lowest BCUT2D eigenvalue weighted by Crippen LogP contribution is -2.50. The van der Waals surface area contributed by atoms with Gasteiger partial charge < -0.3 is 19.3 Å². The van der Waals surface area contributed by atoms with E-state index in [0.717, 1.165) is 10.3 Å². The van der Waals surface area contributed by atoms with Crippen molar-refractivity contribution in [3.8, 4) is 5.75 Å². The monoisotopic (exact) mass is 589 g/mol. The second kappa shape index (κ2) is 12.5. The summed E-state index contributed by atoms with van der Waals surface area (Å²) in [6, 6.07) is 9.80. The van der Waals surface area contributed by atoms with Crippen molar-refractivity contribution in [2.75, 3.05) is 72.0 Å². The molecule has 0 atom stereocenters. The predicted octanol–water partition coefficient (Wildman–Crippen LogP) is 3.28. The van der Waals surface area contributed by atoms with Gasteiger partial charge in [-0.05, 0) is 63.8 Å². The van der Waals surface area contributed by atoms with E-state index in [1.807, 2.05) is 38.1 Å². The van der Waals surface area contributed by atoms with Gasteiger partial charge in [-0.25, -0.2) is 18.2 Å².